The topological polar surface area (TPSA) is 29.9 Å². The maximum absolute atomic E-state index is 5.67. The zero-order valence-electron chi connectivity index (χ0n) is 9.32. The first-order valence-electron chi connectivity index (χ1n) is 5.55. The smallest absolute Gasteiger partial charge is 0.0945 e. The number of hydrogen-bond donors (Lipinski definition) is 1. The first-order chi connectivity index (χ1) is 7.33. The third-order valence-corrected chi connectivity index (χ3v) is 2.64. The molecule has 15 heavy (non-hydrogen) atoms. The SMILES string of the molecule is CC(CCCl)CNCCCn1ccnc1. The van der Waals surface area contributed by atoms with Crippen LogP contribution in [0.3, 0.4) is 0 Å². The summed E-state index contributed by atoms with van der Waals surface area (Å²) in [6.45, 7) is 5.39. The second kappa shape index (κ2) is 7.71. The molecular weight excluding hydrogens is 210 g/mol. The Bertz CT molecular complexity index is 236. The molecule has 0 spiro atoms. The highest BCUT2D eigenvalue weighted by Crippen LogP contribution is 2.00. The lowest BCUT2D eigenvalue weighted by Gasteiger charge is -2.10. The van der Waals surface area contributed by atoms with Crippen LogP contribution in [-0.4, -0.2) is 28.5 Å². The van der Waals surface area contributed by atoms with Gasteiger partial charge in [0.1, 0.15) is 0 Å². The van der Waals surface area contributed by atoms with Gasteiger partial charge in [-0.3, -0.25) is 0 Å². The first kappa shape index (κ1) is 12.5. The highest BCUT2D eigenvalue weighted by Gasteiger charge is 1.99. The van der Waals surface area contributed by atoms with E-state index in [1.54, 1.807) is 0 Å². The molecule has 1 unspecified atom stereocenters. The highest BCUT2D eigenvalue weighted by atomic mass is 35.5. The summed E-state index contributed by atoms with van der Waals surface area (Å²) >= 11 is 5.67. The molecule has 1 N–H and O–H groups in total. The van der Waals surface area contributed by atoms with Crippen LogP contribution < -0.4 is 5.32 Å². The molecule has 0 saturated carbocycles. The summed E-state index contributed by atoms with van der Waals surface area (Å²) in [6, 6.07) is 0. The molecule has 1 rings (SSSR count). The highest BCUT2D eigenvalue weighted by molar-refractivity contribution is 6.17. The fourth-order valence-corrected chi connectivity index (χ4v) is 1.81. The molecule has 1 aromatic rings. The molecule has 0 radical (unpaired) electrons. The van der Waals surface area contributed by atoms with E-state index in [0.29, 0.717) is 5.92 Å². The Morgan fingerprint density at radius 1 is 1.53 bits per heavy atom. The summed E-state index contributed by atoms with van der Waals surface area (Å²) in [5, 5.41) is 3.44. The maximum atomic E-state index is 5.67. The van der Waals surface area contributed by atoms with Gasteiger partial charge in [0, 0.05) is 24.8 Å². The first-order valence-corrected chi connectivity index (χ1v) is 6.09. The fourth-order valence-electron chi connectivity index (χ4n) is 1.44. The zero-order valence-corrected chi connectivity index (χ0v) is 10.1. The third kappa shape index (κ3) is 5.80. The second-order valence-corrected chi connectivity index (χ2v) is 4.32. The lowest BCUT2D eigenvalue weighted by atomic mass is 10.1. The van der Waals surface area contributed by atoms with Crippen molar-refractivity contribution in [2.45, 2.75) is 26.3 Å². The molecule has 86 valence electrons. The number of halogens is 1. The third-order valence-electron chi connectivity index (χ3n) is 2.42. The van der Waals surface area contributed by atoms with Gasteiger partial charge < -0.3 is 9.88 Å². The number of aromatic nitrogens is 2. The largest absolute Gasteiger partial charge is 0.337 e. The molecule has 0 bridgehead atoms. The molecular formula is C11H20ClN3. The van der Waals surface area contributed by atoms with Crippen molar-refractivity contribution < 1.29 is 0 Å². The van der Waals surface area contributed by atoms with Crippen molar-refractivity contribution in [2.75, 3.05) is 19.0 Å². The van der Waals surface area contributed by atoms with Crippen LogP contribution in [0.15, 0.2) is 18.7 Å². The van der Waals surface area contributed by atoms with Crippen molar-refractivity contribution in [3.05, 3.63) is 18.7 Å². The van der Waals surface area contributed by atoms with E-state index in [9.17, 15) is 0 Å². The number of aryl methyl sites for hydroxylation is 1. The molecule has 0 aliphatic heterocycles. The summed E-state index contributed by atoms with van der Waals surface area (Å²) in [5.74, 6) is 1.44. The van der Waals surface area contributed by atoms with Crippen molar-refractivity contribution in [1.29, 1.82) is 0 Å². The molecule has 0 aliphatic carbocycles. The number of nitrogens with one attached hydrogen (secondary N) is 1. The Kier molecular flexibility index (Phi) is 6.44. The van der Waals surface area contributed by atoms with E-state index < -0.39 is 0 Å². The van der Waals surface area contributed by atoms with E-state index in [1.807, 2.05) is 18.7 Å². The Balaban J connectivity index is 1.93. The van der Waals surface area contributed by atoms with Crippen LogP contribution in [-0.2, 0) is 6.54 Å². The van der Waals surface area contributed by atoms with Gasteiger partial charge in [0.25, 0.3) is 0 Å². The number of imidazole rings is 1. The molecule has 0 saturated heterocycles. The van der Waals surface area contributed by atoms with Crippen molar-refractivity contribution >= 4 is 11.6 Å². The predicted octanol–water partition coefficient (Wildman–Crippen LogP) is 2.13. The van der Waals surface area contributed by atoms with Gasteiger partial charge in [0.05, 0.1) is 6.33 Å². The molecule has 3 nitrogen and oxygen atoms in total. The molecule has 1 aromatic heterocycles. The number of rotatable bonds is 8. The Morgan fingerprint density at radius 2 is 2.40 bits per heavy atom. The Labute approximate surface area is 96.8 Å². The van der Waals surface area contributed by atoms with Gasteiger partial charge in [-0.05, 0) is 31.8 Å². The standard InChI is InChI=1S/C11H20ClN3/c1-11(3-4-12)9-13-5-2-7-15-8-6-14-10-15/h6,8,10-11,13H,2-5,7,9H2,1H3. The minimum absolute atomic E-state index is 0.677. The van der Waals surface area contributed by atoms with Gasteiger partial charge in [0.15, 0.2) is 0 Å². The van der Waals surface area contributed by atoms with E-state index in [0.717, 1.165) is 38.4 Å². The lowest BCUT2D eigenvalue weighted by Crippen LogP contribution is -2.23. The molecule has 0 aromatic carbocycles. The van der Waals surface area contributed by atoms with Crippen LogP contribution >= 0.6 is 11.6 Å². The molecule has 1 atom stereocenters. The quantitative estimate of drug-likeness (QED) is 0.547. The minimum Gasteiger partial charge on any atom is -0.337 e. The summed E-state index contributed by atoms with van der Waals surface area (Å²) in [5.41, 5.74) is 0. The minimum atomic E-state index is 0.677. The fraction of sp³-hybridized carbons (Fsp3) is 0.727. The number of alkyl halides is 1. The summed E-state index contributed by atoms with van der Waals surface area (Å²) in [7, 11) is 0. The summed E-state index contributed by atoms with van der Waals surface area (Å²) in [6.07, 6.45) is 7.91. The van der Waals surface area contributed by atoms with E-state index in [-0.39, 0.29) is 0 Å². The van der Waals surface area contributed by atoms with Gasteiger partial charge in [-0.2, -0.15) is 0 Å². The molecule has 4 heteroatoms. The number of nitrogens with zero attached hydrogens (tertiary/aromatic N) is 2. The second-order valence-electron chi connectivity index (χ2n) is 3.94. The molecule has 1 heterocycles. The van der Waals surface area contributed by atoms with Crippen LogP contribution in [0.25, 0.3) is 0 Å². The van der Waals surface area contributed by atoms with Crippen molar-refractivity contribution in [1.82, 2.24) is 14.9 Å². The van der Waals surface area contributed by atoms with Crippen molar-refractivity contribution in [3.63, 3.8) is 0 Å². The van der Waals surface area contributed by atoms with Crippen molar-refractivity contribution in [3.8, 4) is 0 Å². The average molecular weight is 230 g/mol. The number of hydrogen-bond acceptors (Lipinski definition) is 2. The van der Waals surface area contributed by atoms with E-state index in [1.165, 1.54) is 0 Å². The predicted molar refractivity (Wildman–Crippen MR) is 64.2 cm³/mol. The van der Waals surface area contributed by atoms with Crippen LogP contribution in [0.4, 0.5) is 0 Å². The summed E-state index contributed by atoms with van der Waals surface area (Å²) in [4.78, 5) is 4.00. The average Bonchev–Trinajstić information content (AvgIpc) is 2.70. The Morgan fingerprint density at radius 3 is 3.07 bits per heavy atom. The van der Waals surface area contributed by atoms with Crippen LogP contribution in [0.2, 0.25) is 0 Å². The van der Waals surface area contributed by atoms with Gasteiger partial charge >= 0.3 is 0 Å². The Hall–Kier alpha value is -0.540. The van der Waals surface area contributed by atoms with Gasteiger partial charge in [-0.15, -0.1) is 11.6 Å². The van der Waals surface area contributed by atoms with Crippen LogP contribution in [0.5, 0.6) is 0 Å². The van der Waals surface area contributed by atoms with Gasteiger partial charge in [-0.25, -0.2) is 4.98 Å². The summed E-state index contributed by atoms with van der Waals surface area (Å²) < 4.78 is 2.10. The van der Waals surface area contributed by atoms with Gasteiger partial charge in [-0.1, -0.05) is 6.92 Å². The van der Waals surface area contributed by atoms with E-state index in [2.05, 4.69) is 21.8 Å². The lowest BCUT2D eigenvalue weighted by molar-refractivity contribution is 0.486. The van der Waals surface area contributed by atoms with E-state index in [4.69, 9.17) is 11.6 Å². The van der Waals surface area contributed by atoms with Crippen LogP contribution in [0.1, 0.15) is 19.8 Å². The maximum Gasteiger partial charge on any atom is 0.0945 e. The normalized spacial score (nSPS) is 12.9. The molecule has 0 fully saturated rings. The molecule has 0 aliphatic rings. The van der Waals surface area contributed by atoms with Gasteiger partial charge in [0.2, 0.25) is 0 Å². The van der Waals surface area contributed by atoms with Crippen molar-refractivity contribution in [2.24, 2.45) is 5.92 Å². The zero-order chi connectivity index (χ0) is 10.9. The van der Waals surface area contributed by atoms with E-state index >= 15 is 0 Å². The van der Waals surface area contributed by atoms with Crippen LogP contribution in [0, 0.1) is 5.92 Å². The monoisotopic (exact) mass is 229 g/mol. The molecule has 0 amide bonds.